The van der Waals surface area contributed by atoms with Gasteiger partial charge in [0.2, 0.25) is 5.91 Å². The average molecular weight is 337 g/mol. The summed E-state index contributed by atoms with van der Waals surface area (Å²) >= 11 is 0. The molecule has 4 rings (SSSR count). The number of rotatable bonds is 4. The van der Waals surface area contributed by atoms with Gasteiger partial charge in [-0.3, -0.25) is 9.48 Å². The first-order chi connectivity index (χ1) is 12.2. The Kier molecular flexibility index (Phi) is 4.01. The molecule has 1 aliphatic rings. The molecule has 0 fully saturated rings. The molecule has 0 saturated carbocycles. The van der Waals surface area contributed by atoms with E-state index in [2.05, 4.69) is 25.9 Å². The Morgan fingerprint density at radius 2 is 2.16 bits per heavy atom. The van der Waals surface area contributed by atoms with Gasteiger partial charge < -0.3 is 5.32 Å². The van der Waals surface area contributed by atoms with Crippen LogP contribution in [0.4, 0.5) is 0 Å². The lowest BCUT2D eigenvalue weighted by Crippen LogP contribution is -2.32. The molecule has 8 nitrogen and oxygen atoms in total. The van der Waals surface area contributed by atoms with Crippen LogP contribution in [0.2, 0.25) is 0 Å². The first-order valence-electron chi connectivity index (χ1n) is 8.33. The lowest BCUT2D eigenvalue weighted by molar-refractivity contribution is -0.121. The molecule has 128 valence electrons. The lowest BCUT2D eigenvalue weighted by Gasteiger charge is -2.23. The van der Waals surface area contributed by atoms with E-state index in [9.17, 15) is 4.79 Å². The highest BCUT2D eigenvalue weighted by Gasteiger charge is 2.24. The fourth-order valence-electron chi connectivity index (χ4n) is 3.33. The largest absolute Gasteiger partial charge is 0.349 e. The van der Waals surface area contributed by atoms with Gasteiger partial charge in [-0.15, -0.1) is 5.10 Å². The van der Waals surface area contributed by atoms with Crippen LogP contribution in [0.15, 0.2) is 36.8 Å². The molecule has 25 heavy (non-hydrogen) atoms. The molecule has 8 heteroatoms. The normalized spacial score (nSPS) is 16.4. The van der Waals surface area contributed by atoms with Crippen LogP contribution in [0.1, 0.15) is 35.7 Å². The number of hydrogen-bond acceptors (Lipinski definition) is 5. The van der Waals surface area contributed by atoms with Crippen molar-refractivity contribution in [1.29, 1.82) is 0 Å². The van der Waals surface area contributed by atoms with Crippen LogP contribution in [0.3, 0.4) is 0 Å². The summed E-state index contributed by atoms with van der Waals surface area (Å²) in [6, 6.07) is 7.71. The third-order valence-corrected chi connectivity index (χ3v) is 4.63. The minimum atomic E-state index is 0.0249. The number of carbonyl (C=O) groups is 1. The highest BCUT2D eigenvalue weighted by molar-refractivity contribution is 5.79. The summed E-state index contributed by atoms with van der Waals surface area (Å²) in [5.41, 5.74) is 4.19. The summed E-state index contributed by atoms with van der Waals surface area (Å²) in [6.07, 6.45) is 6.82. The fraction of sp³-hybridized carbons (Fsp3) is 0.353. The van der Waals surface area contributed by atoms with Crippen LogP contribution in [0, 0.1) is 0 Å². The van der Waals surface area contributed by atoms with Crippen molar-refractivity contribution in [3.63, 3.8) is 0 Å². The summed E-state index contributed by atoms with van der Waals surface area (Å²) in [5.74, 6) is 0.0249. The molecule has 0 radical (unpaired) electrons. The third kappa shape index (κ3) is 3.15. The summed E-state index contributed by atoms with van der Waals surface area (Å²) in [4.78, 5) is 12.4. The number of hydrogen-bond donors (Lipinski definition) is 1. The Bertz CT molecular complexity index is 867. The van der Waals surface area contributed by atoms with E-state index in [-0.39, 0.29) is 11.9 Å². The van der Waals surface area contributed by atoms with E-state index in [1.165, 1.54) is 12.0 Å². The second kappa shape index (κ2) is 6.46. The number of aromatic nitrogens is 6. The molecule has 2 aromatic heterocycles. The molecule has 0 spiro atoms. The topological polar surface area (TPSA) is 90.5 Å². The Morgan fingerprint density at radius 3 is 2.92 bits per heavy atom. The molecular weight excluding hydrogens is 318 g/mol. The van der Waals surface area contributed by atoms with Crippen molar-refractivity contribution in [2.24, 2.45) is 7.05 Å². The zero-order valence-corrected chi connectivity index (χ0v) is 14.0. The zero-order valence-electron chi connectivity index (χ0n) is 14.0. The Hall–Kier alpha value is -3.03. The van der Waals surface area contributed by atoms with Gasteiger partial charge in [-0.2, -0.15) is 5.10 Å². The summed E-state index contributed by atoms with van der Waals surface area (Å²) in [5, 5.41) is 18.5. The van der Waals surface area contributed by atoms with Crippen molar-refractivity contribution in [3.05, 3.63) is 53.6 Å². The molecule has 0 saturated heterocycles. The van der Waals surface area contributed by atoms with Crippen molar-refractivity contribution in [2.75, 3.05) is 0 Å². The predicted octanol–water partition coefficient (Wildman–Crippen LogP) is 1.13. The first-order valence-corrected chi connectivity index (χ1v) is 8.33. The maximum Gasteiger partial charge on any atom is 0.224 e. The number of amides is 1. The predicted molar refractivity (Wildman–Crippen MR) is 89.9 cm³/mol. The number of tetrazole rings is 1. The maximum absolute atomic E-state index is 12.4. The number of aryl methyl sites for hydroxylation is 1. The van der Waals surface area contributed by atoms with Crippen LogP contribution in [-0.2, 0) is 24.7 Å². The van der Waals surface area contributed by atoms with Crippen molar-refractivity contribution in [3.8, 4) is 5.69 Å². The molecule has 1 N–H and O–H groups in total. The van der Waals surface area contributed by atoms with E-state index in [0.29, 0.717) is 6.42 Å². The number of nitrogens with zero attached hydrogens (tertiary/aromatic N) is 6. The van der Waals surface area contributed by atoms with Gasteiger partial charge >= 0.3 is 0 Å². The van der Waals surface area contributed by atoms with Gasteiger partial charge in [0.05, 0.1) is 24.3 Å². The van der Waals surface area contributed by atoms with Gasteiger partial charge in [0, 0.05) is 18.3 Å². The second-order valence-corrected chi connectivity index (χ2v) is 6.28. The van der Waals surface area contributed by atoms with Crippen LogP contribution in [0.5, 0.6) is 0 Å². The standard InChI is InChI=1S/C17H19N7O/c1-23-16-4-2-3-15(14(16)10-19-23)20-17(25)9-12-5-7-13(8-6-12)24-11-18-21-22-24/h5-8,10-11,15H,2-4,9H2,1H3,(H,20,25). The highest BCUT2D eigenvalue weighted by Crippen LogP contribution is 2.29. The van der Waals surface area contributed by atoms with Crippen LogP contribution >= 0.6 is 0 Å². The first kappa shape index (κ1) is 15.5. The quantitative estimate of drug-likeness (QED) is 0.771. The lowest BCUT2D eigenvalue weighted by atomic mass is 9.93. The summed E-state index contributed by atoms with van der Waals surface area (Å²) in [7, 11) is 1.95. The van der Waals surface area contributed by atoms with Crippen molar-refractivity contribution >= 4 is 5.91 Å². The number of carbonyl (C=O) groups excluding carboxylic acids is 1. The van der Waals surface area contributed by atoms with Crippen molar-refractivity contribution in [2.45, 2.75) is 31.7 Å². The summed E-state index contributed by atoms with van der Waals surface area (Å²) in [6.45, 7) is 0. The average Bonchev–Trinajstić information content (AvgIpc) is 3.27. The fourth-order valence-corrected chi connectivity index (χ4v) is 3.33. The smallest absolute Gasteiger partial charge is 0.224 e. The van der Waals surface area contributed by atoms with Gasteiger partial charge in [0.25, 0.3) is 0 Å². The molecule has 0 aliphatic heterocycles. The van der Waals surface area contributed by atoms with Crippen molar-refractivity contribution < 1.29 is 4.79 Å². The Balaban J connectivity index is 1.41. The van der Waals surface area contributed by atoms with Gasteiger partial charge in [0.1, 0.15) is 6.33 Å². The number of fused-ring (bicyclic) bond motifs is 1. The molecule has 0 bridgehead atoms. The van der Waals surface area contributed by atoms with Crippen LogP contribution in [-0.4, -0.2) is 35.9 Å². The van der Waals surface area contributed by atoms with E-state index < -0.39 is 0 Å². The minimum absolute atomic E-state index is 0.0249. The Morgan fingerprint density at radius 1 is 1.32 bits per heavy atom. The van der Waals surface area contributed by atoms with E-state index >= 15 is 0 Å². The highest BCUT2D eigenvalue weighted by atomic mass is 16.1. The van der Waals surface area contributed by atoms with Crippen LogP contribution in [0.25, 0.3) is 5.69 Å². The monoisotopic (exact) mass is 337 g/mol. The third-order valence-electron chi connectivity index (χ3n) is 4.63. The van der Waals surface area contributed by atoms with Gasteiger partial charge in [-0.1, -0.05) is 12.1 Å². The molecule has 1 unspecified atom stereocenters. The molecular formula is C17H19N7O. The van der Waals surface area contributed by atoms with Gasteiger partial charge in [-0.05, 0) is 47.4 Å². The van der Waals surface area contributed by atoms with E-state index in [4.69, 9.17) is 0 Å². The molecule has 3 aromatic rings. The zero-order chi connectivity index (χ0) is 17.2. The Labute approximate surface area is 144 Å². The molecule has 1 amide bonds. The van der Waals surface area contributed by atoms with E-state index in [1.54, 1.807) is 4.68 Å². The SMILES string of the molecule is Cn1ncc2c1CCCC2NC(=O)Cc1ccc(-n2cnnn2)cc1. The van der Waals surface area contributed by atoms with Gasteiger partial charge in [-0.25, -0.2) is 4.68 Å². The number of benzene rings is 1. The maximum atomic E-state index is 12.4. The minimum Gasteiger partial charge on any atom is -0.349 e. The van der Waals surface area contributed by atoms with Gasteiger partial charge in [0.15, 0.2) is 0 Å². The molecule has 1 atom stereocenters. The second-order valence-electron chi connectivity index (χ2n) is 6.28. The molecule has 1 aliphatic carbocycles. The van der Waals surface area contributed by atoms with E-state index in [1.807, 2.05) is 42.2 Å². The molecule has 1 aromatic carbocycles. The summed E-state index contributed by atoms with van der Waals surface area (Å²) < 4.78 is 3.49. The number of nitrogens with one attached hydrogen (secondary N) is 1. The van der Waals surface area contributed by atoms with Crippen molar-refractivity contribution in [1.82, 2.24) is 35.3 Å². The van der Waals surface area contributed by atoms with Crippen LogP contribution < -0.4 is 5.32 Å². The molecule has 2 heterocycles. The van der Waals surface area contributed by atoms with E-state index in [0.717, 1.165) is 36.1 Å².